The predicted molar refractivity (Wildman–Crippen MR) is 89.0 cm³/mol. The molecule has 3 rings (SSSR count). The van der Waals surface area contributed by atoms with E-state index in [9.17, 15) is 9.59 Å². The Morgan fingerprint density at radius 2 is 2.17 bits per heavy atom. The summed E-state index contributed by atoms with van der Waals surface area (Å²) in [6.45, 7) is 1.88. The molecule has 1 fully saturated rings. The molecule has 0 radical (unpaired) electrons. The molecule has 7 nitrogen and oxygen atoms in total. The standard InChI is InChI=1S/C17H21N5O2/c1-11-8-13(6-7-18-11)20-17(24)14-4-5-15(23)22(3)16(14)12-9-19-21(2)10-12/h6-10,14,16H,4-5H2,1-3H3,(H,18,20,24)/t14-,16-/m1/s1. The fourth-order valence-electron chi connectivity index (χ4n) is 3.22. The van der Waals surface area contributed by atoms with Crippen molar-refractivity contribution in [2.45, 2.75) is 25.8 Å². The van der Waals surface area contributed by atoms with Crippen LogP contribution in [0.3, 0.4) is 0 Å². The van der Waals surface area contributed by atoms with Crippen LogP contribution < -0.4 is 5.32 Å². The highest BCUT2D eigenvalue weighted by molar-refractivity contribution is 5.94. The van der Waals surface area contributed by atoms with Gasteiger partial charge in [0.2, 0.25) is 11.8 Å². The monoisotopic (exact) mass is 327 g/mol. The molecule has 2 amide bonds. The second kappa shape index (κ2) is 6.43. The fraction of sp³-hybridized carbons (Fsp3) is 0.412. The van der Waals surface area contributed by atoms with Gasteiger partial charge < -0.3 is 10.2 Å². The minimum atomic E-state index is -0.314. The SMILES string of the molecule is Cc1cc(NC(=O)[C@@H]2CCC(=O)N(C)[C@@H]2c2cnn(C)c2)ccn1. The maximum atomic E-state index is 12.8. The van der Waals surface area contributed by atoms with Gasteiger partial charge in [0.15, 0.2) is 0 Å². The molecule has 2 aromatic rings. The van der Waals surface area contributed by atoms with Crippen molar-refractivity contribution in [3.05, 3.63) is 42.0 Å². The number of rotatable bonds is 3. The zero-order valence-electron chi connectivity index (χ0n) is 14.1. The van der Waals surface area contributed by atoms with Crippen molar-refractivity contribution in [2.75, 3.05) is 12.4 Å². The Morgan fingerprint density at radius 1 is 1.38 bits per heavy atom. The summed E-state index contributed by atoms with van der Waals surface area (Å²) >= 11 is 0. The number of piperidine rings is 1. The lowest BCUT2D eigenvalue weighted by molar-refractivity contribution is -0.140. The molecule has 0 bridgehead atoms. The first kappa shape index (κ1) is 16.2. The van der Waals surface area contributed by atoms with Gasteiger partial charge in [0, 0.05) is 49.9 Å². The zero-order valence-corrected chi connectivity index (χ0v) is 14.1. The van der Waals surface area contributed by atoms with E-state index in [0.717, 1.165) is 16.9 Å². The van der Waals surface area contributed by atoms with E-state index < -0.39 is 0 Å². The number of likely N-dealkylation sites (tertiary alicyclic amines) is 1. The molecule has 0 saturated carbocycles. The summed E-state index contributed by atoms with van der Waals surface area (Å²) in [6.07, 6.45) is 6.15. The average molecular weight is 327 g/mol. The molecular weight excluding hydrogens is 306 g/mol. The summed E-state index contributed by atoms with van der Waals surface area (Å²) in [5.74, 6) is -0.355. The third-order valence-electron chi connectivity index (χ3n) is 4.43. The van der Waals surface area contributed by atoms with Gasteiger partial charge in [0.25, 0.3) is 0 Å². The average Bonchev–Trinajstić information content (AvgIpc) is 2.95. The normalized spacial score (nSPS) is 21.0. The summed E-state index contributed by atoms with van der Waals surface area (Å²) in [4.78, 5) is 30.7. The number of aromatic nitrogens is 3. The van der Waals surface area contributed by atoms with E-state index in [0.29, 0.717) is 12.8 Å². The number of nitrogens with one attached hydrogen (secondary N) is 1. The molecule has 24 heavy (non-hydrogen) atoms. The molecule has 0 spiro atoms. The molecule has 1 aliphatic rings. The second-order valence-electron chi connectivity index (χ2n) is 6.22. The Bertz CT molecular complexity index is 770. The molecule has 3 heterocycles. The molecule has 2 aromatic heterocycles. The van der Waals surface area contributed by atoms with E-state index >= 15 is 0 Å². The van der Waals surface area contributed by atoms with E-state index in [4.69, 9.17) is 0 Å². The van der Waals surface area contributed by atoms with Crippen LogP contribution in [0.2, 0.25) is 0 Å². The predicted octanol–water partition coefficient (Wildman–Crippen LogP) is 1.67. The lowest BCUT2D eigenvalue weighted by Gasteiger charge is -2.37. The van der Waals surface area contributed by atoms with Crippen LogP contribution in [-0.4, -0.2) is 38.5 Å². The molecule has 0 aliphatic carbocycles. The van der Waals surface area contributed by atoms with Crippen LogP contribution in [0.4, 0.5) is 5.69 Å². The van der Waals surface area contributed by atoms with Gasteiger partial charge in [-0.05, 0) is 25.5 Å². The van der Waals surface area contributed by atoms with Crippen molar-refractivity contribution in [1.29, 1.82) is 0 Å². The Hall–Kier alpha value is -2.70. The first-order valence-corrected chi connectivity index (χ1v) is 7.93. The first-order valence-electron chi connectivity index (χ1n) is 7.93. The molecule has 1 saturated heterocycles. The second-order valence-corrected chi connectivity index (χ2v) is 6.22. The van der Waals surface area contributed by atoms with Crippen molar-refractivity contribution in [2.24, 2.45) is 13.0 Å². The van der Waals surface area contributed by atoms with Crippen molar-refractivity contribution in [1.82, 2.24) is 19.7 Å². The highest BCUT2D eigenvalue weighted by Gasteiger charge is 2.39. The number of amides is 2. The minimum Gasteiger partial charge on any atom is -0.338 e. The molecule has 2 atom stereocenters. The molecule has 1 aliphatic heterocycles. The van der Waals surface area contributed by atoms with E-state index in [1.807, 2.05) is 26.2 Å². The lowest BCUT2D eigenvalue weighted by atomic mass is 9.85. The van der Waals surface area contributed by atoms with Crippen LogP contribution in [0, 0.1) is 12.8 Å². The Balaban J connectivity index is 1.86. The van der Waals surface area contributed by atoms with Crippen LogP contribution in [-0.2, 0) is 16.6 Å². The summed E-state index contributed by atoms with van der Waals surface area (Å²) in [5, 5.41) is 7.13. The zero-order chi connectivity index (χ0) is 17.3. The summed E-state index contributed by atoms with van der Waals surface area (Å²) < 4.78 is 1.68. The topological polar surface area (TPSA) is 80.1 Å². The highest BCUT2D eigenvalue weighted by atomic mass is 16.2. The number of pyridine rings is 1. The lowest BCUT2D eigenvalue weighted by Crippen LogP contribution is -2.44. The van der Waals surface area contributed by atoms with Gasteiger partial charge in [-0.1, -0.05) is 0 Å². The molecule has 126 valence electrons. The molecule has 0 aromatic carbocycles. The molecular formula is C17H21N5O2. The van der Waals surface area contributed by atoms with E-state index in [2.05, 4.69) is 15.4 Å². The third-order valence-corrected chi connectivity index (χ3v) is 4.43. The molecule has 7 heteroatoms. The largest absolute Gasteiger partial charge is 0.338 e. The van der Waals surface area contributed by atoms with Gasteiger partial charge in [0.1, 0.15) is 0 Å². The number of carbonyl (C=O) groups is 2. The minimum absolute atomic E-state index is 0.0488. The Kier molecular flexibility index (Phi) is 4.33. The van der Waals surface area contributed by atoms with Gasteiger partial charge in [-0.25, -0.2) is 0 Å². The van der Waals surface area contributed by atoms with Crippen molar-refractivity contribution in [3.8, 4) is 0 Å². The van der Waals surface area contributed by atoms with Gasteiger partial charge in [-0.3, -0.25) is 19.3 Å². The Morgan fingerprint density at radius 3 is 2.83 bits per heavy atom. The highest BCUT2D eigenvalue weighted by Crippen LogP contribution is 2.36. The maximum absolute atomic E-state index is 12.8. The number of hydrogen-bond acceptors (Lipinski definition) is 4. The third kappa shape index (κ3) is 3.15. The van der Waals surface area contributed by atoms with E-state index in [1.54, 1.807) is 35.1 Å². The Labute approximate surface area is 140 Å². The van der Waals surface area contributed by atoms with Crippen molar-refractivity contribution >= 4 is 17.5 Å². The quantitative estimate of drug-likeness (QED) is 0.930. The van der Waals surface area contributed by atoms with Gasteiger partial charge in [0.05, 0.1) is 18.2 Å². The van der Waals surface area contributed by atoms with Crippen LogP contribution in [0.15, 0.2) is 30.7 Å². The number of aryl methyl sites for hydroxylation is 2. The van der Waals surface area contributed by atoms with Crippen LogP contribution in [0.1, 0.15) is 30.1 Å². The number of hydrogen-bond donors (Lipinski definition) is 1. The van der Waals surface area contributed by atoms with Crippen LogP contribution in [0.5, 0.6) is 0 Å². The maximum Gasteiger partial charge on any atom is 0.229 e. The van der Waals surface area contributed by atoms with Gasteiger partial charge in [-0.15, -0.1) is 0 Å². The summed E-state index contributed by atoms with van der Waals surface area (Å²) in [6, 6.07) is 3.29. The summed E-state index contributed by atoms with van der Waals surface area (Å²) in [7, 11) is 3.57. The van der Waals surface area contributed by atoms with Gasteiger partial charge in [-0.2, -0.15) is 5.10 Å². The van der Waals surface area contributed by atoms with E-state index in [-0.39, 0.29) is 23.8 Å². The molecule has 1 N–H and O–H groups in total. The molecule has 0 unspecified atom stereocenters. The smallest absolute Gasteiger partial charge is 0.229 e. The van der Waals surface area contributed by atoms with Crippen molar-refractivity contribution < 1.29 is 9.59 Å². The van der Waals surface area contributed by atoms with E-state index in [1.165, 1.54) is 0 Å². The van der Waals surface area contributed by atoms with Gasteiger partial charge >= 0.3 is 0 Å². The van der Waals surface area contributed by atoms with Crippen LogP contribution >= 0.6 is 0 Å². The number of nitrogens with zero attached hydrogens (tertiary/aromatic N) is 4. The van der Waals surface area contributed by atoms with Crippen molar-refractivity contribution in [3.63, 3.8) is 0 Å². The summed E-state index contributed by atoms with van der Waals surface area (Å²) in [5.41, 5.74) is 2.43. The fourth-order valence-corrected chi connectivity index (χ4v) is 3.22. The first-order chi connectivity index (χ1) is 11.5. The number of anilines is 1. The van der Waals surface area contributed by atoms with Crippen LogP contribution in [0.25, 0.3) is 0 Å². The number of carbonyl (C=O) groups excluding carboxylic acids is 2.